The highest BCUT2D eigenvalue weighted by molar-refractivity contribution is 7.81. The number of anilines is 1. The van der Waals surface area contributed by atoms with Crippen molar-refractivity contribution in [2.75, 3.05) is 25.7 Å². The normalized spacial score (nSPS) is 18.6. The van der Waals surface area contributed by atoms with Gasteiger partial charge in [-0.15, -0.1) is 0 Å². The molecule has 0 spiro atoms. The molecule has 102 valence electrons. The third-order valence-corrected chi connectivity index (χ3v) is 3.34. The number of hydrogen-bond acceptors (Lipinski definition) is 5. The highest BCUT2D eigenvalue weighted by Crippen LogP contribution is 2.33. The number of carbonyl (C=O) groups excluding carboxylic acids is 2. The number of ether oxygens (including phenoxy) is 2. The number of amides is 1. The van der Waals surface area contributed by atoms with Crippen LogP contribution >= 0.6 is 12.6 Å². The van der Waals surface area contributed by atoms with Crippen molar-refractivity contribution < 1.29 is 19.1 Å². The summed E-state index contributed by atoms with van der Waals surface area (Å²) in [5.74, 6) is 0.0710. The van der Waals surface area contributed by atoms with Crippen LogP contribution in [0.25, 0.3) is 0 Å². The van der Waals surface area contributed by atoms with Crippen molar-refractivity contribution >= 4 is 30.2 Å². The van der Waals surface area contributed by atoms with E-state index in [2.05, 4.69) is 17.4 Å². The summed E-state index contributed by atoms with van der Waals surface area (Å²) in [4.78, 5) is 25.0. The SMILES string of the molecule is COC(=O)c1ccc(OC)c(N2CC(S)CC2=O)c1. The summed E-state index contributed by atoms with van der Waals surface area (Å²) in [5.41, 5.74) is 0.959. The van der Waals surface area contributed by atoms with Gasteiger partial charge < -0.3 is 14.4 Å². The van der Waals surface area contributed by atoms with Crippen molar-refractivity contribution in [1.29, 1.82) is 0 Å². The Kier molecular flexibility index (Phi) is 3.99. The zero-order chi connectivity index (χ0) is 14.0. The van der Waals surface area contributed by atoms with Crippen LogP contribution in [0.5, 0.6) is 5.75 Å². The van der Waals surface area contributed by atoms with Crippen molar-refractivity contribution in [3.8, 4) is 5.75 Å². The lowest BCUT2D eigenvalue weighted by atomic mass is 10.1. The highest BCUT2D eigenvalue weighted by atomic mass is 32.1. The molecule has 1 fully saturated rings. The van der Waals surface area contributed by atoms with Gasteiger partial charge >= 0.3 is 5.97 Å². The topological polar surface area (TPSA) is 55.8 Å². The van der Waals surface area contributed by atoms with Crippen LogP contribution in [0.4, 0.5) is 5.69 Å². The van der Waals surface area contributed by atoms with Gasteiger partial charge in [0.25, 0.3) is 0 Å². The first-order valence-electron chi connectivity index (χ1n) is 5.81. The predicted octanol–water partition coefficient (Wildman–Crippen LogP) is 1.52. The van der Waals surface area contributed by atoms with Gasteiger partial charge in [-0.1, -0.05) is 0 Å². The quantitative estimate of drug-likeness (QED) is 0.674. The van der Waals surface area contributed by atoms with Gasteiger partial charge in [0, 0.05) is 18.2 Å². The lowest BCUT2D eigenvalue weighted by Gasteiger charge is -2.19. The van der Waals surface area contributed by atoms with Crippen molar-refractivity contribution in [2.24, 2.45) is 0 Å². The van der Waals surface area contributed by atoms with E-state index in [1.807, 2.05) is 0 Å². The number of rotatable bonds is 3. The van der Waals surface area contributed by atoms with Crippen LogP contribution in [-0.4, -0.2) is 37.9 Å². The van der Waals surface area contributed by atoms with Crippen molar-refractivity contribution in [2.45, 2.75) is 11.7 Å². The van der Waals surface area contributed by atoms with Gasteiger partial charge in [0.2, 0.25) is 5.91 Å². The molecule has 0 aliphatic carbocycles. The predicted molar refractivity (Wildman–Crippen MR) is 74.1 cm³/mol. The van der Waals surface area contributed by atoms with Gasteiger partial charge in [-0.05, 0) is 18.2 Å². The molecule has 0 aromatic heterocycles. The number of carbonyl (C=O) groups is 2. The number of hydrogen-bond donors (Lipinski definition) is 1. The Bertz CT molecular complexity index is 517. The van der Waals surface area contributed by atoms with Crippen LogP contribution < -0.4 is 9.64 Å². The fraction of sp³-hybridized carbons (Fsp3) is 0.385. The highest BCUT2D eigenvalue weighted by Gasteiger charge is 2.30. The van der Waals surface area contributed by atoms with Crippen LogP contribution in [0.2, 0.25) is 0 Å². The van der Waals surface area contributed by atoms with E-state index in [9.17, 15) is 9.59 Å². The molecule has 19 heavy (non-hydrogen) atoms. The minimum absolute atomic E-state index is 0.000936. The van der Waals surface area contributed by atoms with Gasteiger partial charge in [-0.25, -0.2) is 4.79 Å². The maximum atomic E-state index is 11.9. The molecular weight excluding hydrogens is 266 g/mol. The molecule has 0 saturated carbocycles. The Balaban J connectivity index is 2.42. The first-order chi connectivity index (χ1) is 9.06. The van der Waals surface area contributed by atoms with Gasteiger partial charge in [-0.3, -0.25) is 4.79 Å². The Morgan fingerprint density at radius 1 is 1.42 bits per heavy atom. The van der Waals surface area contributed by atoms with E-state index in [0.29, 0.717) is 30.0 Å². The molecule has 6 heteroatoms. The van der Waals surface area contributed by atoms with E-state index in [-0.39, 0.29) is 11.2 Å². The minimum atomic E-state index is -0.446. The molecule has 1 saturated heterocycles. The molecular formula is C13H15NO4S. The number of esters is 1. The summed E-state index contributed by atoms with van der Waals surface area (Å²) >= 11 is 4.31. The molecule has 1 aliphatic rings. The second-order valence-corrected chi connectivity index (χ2v) is 4.97. The van der Waals surface area contributed by atoms with Crippen LogP contribution in [-0.2, 0) is 9.53 Å². The van der Waals surface area contributed by atoms with E-state index in [0.717, 1.165) is 0 Å². The molecule has 1 heterocycles. The van der Waals surface area contributed by atoms with Crippen molar-refractivity contribution in [1.82, 2.24) is 0 Å². The Labute approximate surface area is 116 Å². The second-order valence-electron chi connectivity index (χ2n) is 4.24. The Morgan fingerprint density at radius 3 is 2.68 bits per heavy atom. The largest absolute Gasteiger partial charge is 0.495 e. The monoisotopic (exact) mass is 281 g/mol. The van der Waals surface area contributed by atoms with E-state index in [1.165, 1.54) is 14.2 Å². The molecule has 1 amide bonds. The minimum Gasteiger partial charge on any atom is -0.495 e. The van der Waals surface area contributed by atoms with Gasteiger partial charge in [0.15, 0.2) is 0 Å². The number of thiol groups is 1. The summed E-state index contributed by atoms with van der Waals surface area (Å²) in [6.45, 7) is 0.503. The molecule has 1 aromatic carbocycles. The fourth-order valence-corrected chi connectivity index (χ4v) is 2.39. The number of methoxy groups -OCH3 is 2. The third kappa shape index (κ3) is 2.68. The summed E-state index contributed by atoms with van der Waals surface area (Å²) in [5, 5.41) is -0.000936. The molecule has 1 unspecified atom stereocenters. The van der Waals surface area contributed by atoms with Crippen LogP contribution in [0.3, 0.4) is 0 Å². The van der Waals surface area contributed by atoms with Gasteiger partial charge in [-0.2, -0.15) is 12.6 Å². The Morgan fingerprint density at radius 2 is 2.16 bits per heavy atom. The lowest BCUT2D eigenvalue weighted by Crippen LogP contribution is -2.25. The zero-order valence-electron chi connectivity index (χ0n) is 10.8. The summed E-state index contributed by atoms with van der Waals surface area (Å²) < 4.78 is 9.92. The lowest BCUT2D eigenvalue weighted by molar-refractivity contribution is -0.117. The molecule has 1 aliphatic heterocycles. The molecule has 0 radical (unpaired) electrons. The smallest absolute Gasteiger partial charge is 0.337 e. The van der Waals surface area contributed by atoms with Gasteiger partial charge in [0.05, 0.1) is 25.5 Å². The van der Waals surface area contributed by atoms with Crippen LogP contribution in [0.15, 0.2) is 18.2 Å². The maximum absolute atomic E-state index is 11.9. The average Bonchev–Trinajstić information content (AvgIpc) is 2.76. The second kappa shape index (κ2) is 5.52. The molecule has 5 nitrogen and oxygen atoms in total. The molecule has 0 bridgehead atoms. The van der Waals surface area contributed by atoms with E-state index in [1.54, 1.807) is 23.1 Å². The van der Waals surface area contributed by atoms with E-state index >= 15 is 0 Å². The first kappa shape index (κ1) is 13.7. The Hall–Kier alpha value is -1.69. The average molecular weight is 281 g/mol. The standard InChI is InChI=1S/C13H15NO4S/c1-17-11-4-3-8(13(16)18-2)5-10(11)14-7-9(19)6-12(14)15/h3-5,9,19H,6-7H2,1-2H3. The summed E-state index contributed by atoms with van der Waals surface area (Å²) in [7, 11) is 2.84. The third-order valence-electron chi connectivity index (χ3n) is 3.00. The molecule has 2 rings (SSSR count). The zero-order valence-corrected chi connectivity index (χ0v) is 11.6. The summed E-state index contributed by atoms with van der Waals surface area (Å²) in [6.07, 6.45) is 0.384. The van der Waals surface area contributed by atoms with Gasteiger partial charge in [0.1, 0.15) is 5.75 Å². The first-order valence-corrected chi connectivity index (χ1v) is 6.33. The summed E-state index contributed by atoms with van der Waals surface area (Å²) in [6, 6.07) is 4.86. The number of benzene rings is 1. The maximum Gasteiger partial charge on any atom is 0.337 e. The van der Waals surface area contributed by atoms with Crippen LogP contribution in [0, 0.1) is 0 Å². The number of nitrogens with zero attached hydrogens (tertiary/aromatic N) is 1. The molecule has 1 aromatic rings. The van der Waals surface area contributed by atoms with Crippen molar-refractivity contribution in [3.63, 3.8) is 0 Å². The van der Waals surface area contributed by atoms with Crippen molar-refractivity contribution in [3.05, 3.63) is 23.8 Å². The van der Waals surface area contributed by atoms with E-state index < -0.39 is 5.97 Å². The fourth-order valence-electron chi connectivity index (χ4n) is 2.07. The molecule has 1 atom stereocenters. The van der Waals surface area contributed by atoms with Crippen LogP contribution in [0.1, 0.15) is 16.8 Å². The molecule has 0 N–H and O–H groups in total. The van der Waals surface area contributed by atoms with E-state index in [4.69, 9.17) is 4.74 Å².